The number of thiazole rings is 1. The zero-order chi connectivity index (χ0) is 18.7. The van der Waals surface area contributed by atoms with E-state index in [0.29, 0.717) is 28.6 Å². The molecule has 8 heteroatoms. The molecule has 0 unspecified atom stereocenters. The summed E-state index contributed by atoms with van der Waals surface area (Å²) in [6.45, 7) is 5.73. The van der Waals surface area contributed by atoms with Crippen molar-refractivity contribution in [3.05, 3.63) is 52.3 Å². The minimum absolute atomic E-state index is 0.292. The third kappa shape index (κ3) is 3.80. The number of anilines is 3. The fourth-order valence-corrected chi connectivity index (χ4v) is 3.12. The molecule has 0 atom stereocenters. The molecule has 0 fully saturated rings. The van der Waals surface area contributed by atoms with Gasteiger partial charge in [-0.05, 0) is 32.9 Å². The molecule has 1 amide bonds. The summed E-state index contributed by atoms with van der Waals surface area (Å²) in [5.74, 6) is 0.705. The molecule has 3 rings (SSSR count). The lowest BCUT2D eigenvalue weighted by Gasteiger charge is -2.11. The van der Waals surface area contributed by atoms with Gasteiger partial charge >= 0.3 is 0 Å². The van der Waals surface area contributed by atoms with Crippen LogP contribution < -0.4 is 15.4 Å². The number of nitrogens with one attached hydrogen (secondary N) is 2. The van der Waals surface area contributed by atoms with Crippen LogP contribution in [0.5, 0.6) is 5.75 Å². The number of carbonyl (C=O) groups excluding carboxylic acids is 1. The maximum Gasteiger partial charge on any atom is 0.259 e. The minimum Gasteiger partial charge on any atom is -0.495 e. The Morgan fingerprint density at radius 3 is 2.54 bits per heavy atom. The number of aryl methyl sites for hydroxylation is 3. The van der Waals surface area contributed by atoms with Gasteiger partial charge in [-0.3, -0.25) is 4.79 Å². The molecule has 0 spiro atoms. The Hall–Kier alpha value is -3.00. The second kappa shape index (κ2) is 7.49. The van der Waals surface area contributed by atoms with Gasteiger partial charge in [-0.1, -0.05) is 12.1 Å². The number of para-hydroxylation sites is 2. The molecule has 26 heavy (non-hydrogen) atoms. The molecule has 0 saturated carbocycles. The Labute approximate surface area is 155 Å². The van der Waals surface area contributed by atoms with Crippen LogP contribution in [0.4, 0.5) is 16.8 Å². The molecule has 2 N–H and O–H groups in total. The van der Waals surface area contributed by atoms with E-state index in [-0.39, 0.29) is 5.91 Å². The standard InChI is InChI=1S/C18H19N5O2S/c1-10-12(3)26-18(21-10)23-17-19-9-13(11(2)20-17)16(24)22-14-7-5-6-8-15(14)25-4/h5-9H,1-4H3,(H,22,24)(H,19,20,21,23). The van der Waals surface area contributed by atoms with Crippen LogP contribution in [0.1, 0.15) is 26.6 Å². The summed E-state index contributed by atoms with van der Waals surface area (Å²) in [6, 6.07) is 7.22. The highest BCUT2D eigenvalue weighted by Gasteiger charge is 2.14. The average molecular weight is 369 g/mol. The summed E-state index contributed by atoms with van der Waals surface area (Å²) in [7, 11) is 1.56. The van der Waals surface area contributed by atoms with Crippen LogP contribution in [0.25, 0.3) is 0 Å². The number of methoxy groups -OCH3 is 1. The van der Waals surface area contributed by atoms with E-state index < -0.39 is 0 Å². The number of rotatable bonds is 5. The lowest BCUT2D eigenvalue weighted by molar-refractivity contribution is 0.102. The number of nitrogens with zero attached hydrogens (tertiary/aromatic N) is 3. The topological polar surface area (TPSA) is 89.0 Å². The van der Waals surface area contributed by atoms with E-state index >= 15 is 0 Å². The lowest BCUT2D eigenvalue weighted by atomic mass is 10.2. The number of hydrogen-bond donors (Lipinski definition) is 2. The second-order valence-electron chi connectivity index (χ2n) is 5.63. The molecule has 1 aromatic carbocycles. The number of amides is 1. The van der Waals surface area contributed by atoms with Crippen molar-refractivity contribution in [2.45, 2.75) is 20.8 Å². The number of carbonyl (C=O) groups is 1. The zero-order valence-corrected chi connectivity index (χ0v) is 15.8. The molecule has 7 nitrogen and oxygen atoms in total. The summed E-state index contributed by atoms with van der Waals surface area (Å²) in [5.41, 5.74) is 2.53. The highest BCUT2D eigenvalue weighted by molar-refractivity contribution is 7.15. The molecule has 0 aliphatic carbocycles. The van der Waals surface area contributed by atoms with Gasteiger partial charge in [0.15, 0.2) is 5.13 Å². The summed E-state index contributed by atoms with van der Waals surface area (Å²) < 4.78 is 5.25. The van der Waals surface area contributed by atoms with Gasteiger partial charge in [0.25, 0.3) is 5.91 Å². The smallest absolute Gasteiger partial charge is 0.259 e. The predicted molar refractivity (Wildman–Crippen MR) is 103 cm³/mol. The fraction of sp³-hybridized carbons (Fsp3) is 0.222. The summed E-state index contributed by atoms with van der Waals surface area (Å²) in [5, 5.41) is 6.63. The molecule has 2 aromatic heterocycles. The number of aromatic nitrogens is 3. The molecule has 134 valence electrons. The Morgan fingerprint density at radius 2 is 1.88 bits per heavy atom. The normalized spacial score (nSPS) is 10.5. The first kappa shape index (κ1) is 17.8. The van der Waals surface area contributed by atoms with E-state index in [0.717, 1.165) is 15.7 Å². The lowest BCUT2D eigenvalue weighted by Crippen LogP contribution is -2.15. The van der Waals surface area contributed by atoms with Gasteiger partial charge in [0, 0.05) is 11.1 Å². The first-order chi connectivity index (χ1) is 12.5. The van der Waals surface area contributed by atoms with Crippen LogP contribution in [0, 0.1) is 20.8 Å². The highest BCUT2D eigenvalue weighted by Crippen LogP contribution is 2.25. The van der Waals surface area contributed by atoms with Crippen molar-refractivity contribution in [2.24, 2.45) is 0 Å². The van der Waals surface area contributed by atoms with E-state index in [1.807, 2.05) is 26.0 Å². The Kier molecular flexibility index (Phi) is 5.13. The van der Waals surface area contributed by atoms with Gasteiger partial charge in [0.2, 0.25) is 5.95 Å². The van der Waals surface area contributed by atoms with Gasteiger partial charge in [0.1, 0.15) is 5.75 Å². The van der Waals surface area contributed by atoms with E-state index in [1.165, 1.54) is 17.5 Å². The minimum atomic E-state index is -0.292. The Bertz CT molecular complexity index is 935. The van der Waals surface area contributed by atoms with Crippen molar-refractivity contribution in [3.63, 3.8) is 0 Å². The third-order valence-corrected chi connectivity index (χ3v) is 4.81. The van der Waals surface area contributed by atoms with Crippen LogP contribution in [0.3, 0.4) is 0 Å². The maximum absolute atomic E-state index is 12.5. The van der Waals surface area contributed by atoms with Gasteiger partial charge in [-0.2, -0.15) is 0 Å². The molecule has 0 radical (unpaired) electrons. The van der Waals surface area contributed by atoms with Crippen LogP contribution in [-0.2, 0) is 0 Å². The van der Waals surface area contributed by atoms with Crippen molar-refractivity contribution >= 4 is 34.0 Å². The van der Waals surface area contributed by atoms with E-state index in [9.17, 15) is 4.79 Å². The molecule has 0 aliphatic heterocycles. The second-order valence-corrected chi connectivity index (χ2v) is 6.84. The number of benzene rings is 1. The summed E-state index contributed by atoms with van der Waals surface area (Å²) in [4.78, 5) is 26.7. The first-order valence-corrected chi connectivity index (χ1v) is 8.78. The SMILES string of the molecule is COc1ccccc1NC(=O)c1cnc(Nc2nc(C)c(C)s2)nc1C. The molecule has 2 heterocycles. The molecule has 0 saturated heterocycles. The molecular weight excluding hydrogens is 350 g/mol. The van der Waals surface area contributed by atoms with Crippen LogP contribution >= 0.6 is 11.3 Å². The average Bonchev–Trinajstić information content (AvgIpc) is 2.92. The molecule has 0 aliphatic rings. The quantitative estimate of drug-likeness (QED) is 0.710. The van der Waals surface area contributed by atoms with Crippen molar-refractivity contribution in [1.29, 1.82) is 0 Å². The zero-order valence-electron chi connectivity index (χ0n) is 15.0. The summed E-state index contributed by atoms with van der Waals surface area (Å²) >= 11 is 1.54. The van der Waals surface area contributed by atoms with Crippen molar-refractivity contribution in [1.82, 2.24) is 15.0 Å². The van der Waals surface area contributed by atoms with E-state index in [1.54, 1.807) is 26.2 Å². The fourth-order valence-electron chi connectivity index (χ4n) is 2.31. The van der Waals surface area contributed by atoms with E-state index in [2.05, 4.69) is 25.6 Å². The largest absolute Gasteiger partial charge is 0.495 e. The summed E-state index contributed by atoms with van der Waals surface area (Å²) in [6.07, 6.45) is 1.50. The van der Waals surface area contributed by atoms with Crippen molar-refractivity contribution < 1.29 is 9.53 Å². The molecule has 3 aromatic rings. The van der Waals surface area contributed by atoms with Crippen molar-refractivity contribution in [2.75, 3.05) is 17.7 Å². The van der Waals surface area contributed by atoms with Crippen LogP contribution in [-0.4, -0.2) is 28.0 Å². The number of ether oxygens (including phenoxy) is 1. The van der Waals surface area contributed by atoms with Gasteiger partial charge in [0.05, 0.1) is 29.7 Å². The van der Waals surface area contributed by atoms with Gasteiger partial charge < -0.3 is 15.4 Å². The number of hydrogen-bond acceptors (Lipinski definition) is 7. The van der Waals surface area contributed by atoms with Gasteiger partial charge in [-0.15, -0.1) is 11.3 Å². The molecule has 0 bridgehead atoms. The molecular formula is C18H19N5O2S. The predicted octanol–water partition coefficient (Wildman–Crippen LogP) is 3.86. The maximum atomic E-state index is 12.5. The third-order valence-electron chi connectivity index (χ3n) is 3.83. The monoisotopic (exact) mass is 369 g/mol. The van der Waals surface area contributed by atoms with Crippen LogP contribution in [0.15, 0.2) is 30.5 Å². The first-order valence-electron chi connectivity index (χ1n) is 7.97. The Morgan fingerprint density at radius 1 is 1.12 bits per heavy atom. The highest BCUT2D eigenvalue weighted by atomic mass is 32.1. The van der Waals surface area contributed by atoms with Crippen molar-refractivity contribution in [3.8, 4) is 5.75 Å². The van der Waals surface area contributed by atoms with Crippen LogP contribution in [0.2, 0.25) is 0 Å². The Balaban J connectivity index is 1.77. The van der Waals surface area contributed by atoms with Gasteiger partial charge in [-0.25, -0.2) is 15.0 Å². The van der Waals surface area contributed by atoms with E-state index in [4.69, 9.17) is 4.74 Å².